The summed E-state index contributed by atoms with van der Waals surface area (Å²) >= 11 is 7.73. The molecule has 0 amide bonds. The van der Waals surface area contributed by atoms with E-state index in [1.165, 1.54) is 22.5 Å². The number of rotatable bonds is 3. The Hall–Kier alpha value is -2.04. The monoisotopic (exact) mass is 313 g/mol. The maximum atomic E-state index is 7.52. The lowest BCUT2D eigenvalue weighted by Gasteiger charge is -2.08. The summed E-state index contributed by atoms with van der Waals surface area (Å²) in [5.41, 5.74) is 6.02. The van der Waals surface area contributed by atoms with Crippen molar-refractivity contribution >= 4 is 40.0 Å². The zero-order valence-corrected chi connectivity index (χ0v) is 12.6. The van der Waals surface area contributed by atoms with Crippen LogP contribution in [0.1, 0.15) is 5.56 Å². The Morgan fingerprint density at radius 1 is 1.10 bits per heavy atom. The highest BCUT2D eigenvalue weighted by Crippen LogP contribution is 2.34. The summed E-state index contributed by atoms with van der Waals surface area (Å²) in [4.78, 5) is 5.32. The normalized spacial score (nSPS) is 10.7. The largest absolute Gasteiger partial charge is 0.384 e. The molecule has 0 aliphatic rings. The van der Waals surface area contributed by atoms with Gasteiger partial charge in [-0.15, -0.1) is 0 Å². The van der Waals surface area contributed by atoms with E-state index in [9.17, 15) is 0 Å². The molecule has 0 aliphatic heterocycles. The number of nitrogen functional groups attached to an aromatic ring is 1. The van der Waals surface area contributed by atoms with E-state index >= 15 is 0 Å². The van der Waals surface area contributed by atoms with Gasteiger partial charge in [0.25, 0.3) is 0 Å². The number of aromatic nitrogens is 1. The highest BCUT2D eigenvalue weighted by Gasteiger charge is 2.11. The molecule has 104 valence electrons. The first-order valence-corrected chi connectivity index (χ1v) is 7.50. The molecule has 0 radical (unpaired) electrons. The number of fused-ring (bicyclic) bond motifs is 1. The lowest BCUT2D eigenvalue weighted by Crippen LogP contribution is -2.12. The lowest BCUT2D eigenvalue weighted by atomic mass is 10.1. The van der Waals surface area contributed by atoms with Gasteiger partial charge in [0, 0.05) is 16.7 Å². The molecule has 1 heterocycles. The predicted molar refractivity (Wildman–Crippen MR) is 88.3 cm³/mol. The highest BCUT2D eigenvalue weighted by atomic mass is 35.5. The molecule has 0 saturated carbocycles. The molecule has 3 aromatic rings. The number of benzene rings is 2. The number of hydrogen-bond donors (Lipinski definition) is 2. The van der Waals surface area contributed by atoms with Crippen LogP contribution < -0.4 is 5.73 Å². The number of nitrogens with two attached hydrogens (primary N) is 1. The molecule has 0 unspecified atom stereocenters. The topological polar surface area (TPSA) is 62.8 Å². The SMILES string of the molecule is N=C(N)c1ccnc(Sc2ccc3ccccc3c2)c1Cl. The smallest absolute Gasteiger partial charge is 0.124 e. The zero-order valence-electron chi connectivity index (χ0n) is 11.0. The van der Waals surface area contributed by atoms with Crippen LogP contribution in [0.4, 0.5) is 0 Å². The summed E-state index contributed by atoms with van der Waals surface area (Å²) < 4.78 is 0. The van der Waals surface area contributed by atoms with Gasteiger partial charge < -0.3 is 5.73 Å². The van der Waals surface area contributed by atoms with E-state index in [1.54, 1.807) is 12.3 Å². The van der Waals surface area contributed by atoms with E-state index < -0.39 is 0 Å². The van der Waals surface area contributed by atoms with Crippen molar-refractivity contribution in [3.05, 3.63) is 65.3 Å². The van der Waals surface area contributed by atoms with E-state index in [4.69, 9.17) is 22.7 Å². The fourth-order valence-corrected chi connectivity index (χ4v) is 3.23. The summed E-state index contributed by atoms with van der Waals surface area (Å²) in [5.74, 6) is -0.0530. The standard InChI is InChI=1S/C16H12ClN3S/c17-14-13(15(18)19)7-8-20-16(14)21-12-6-5-10-3-1-2-4-11(10)9-12/h1-9H,(H3,18,19). The van der Waals surface area contributed by atoms with Crippen molar-refractivity contribution in [2.24, 2.45) is 5.73 Å². The average molecular weight is 314 g/mol. The van der Waals surface area contributed by atoms with E-state index in [1.807, 2.05) is 18.2 Å². The van der Waals surface area contributed by atoms with Gasteiger partial charge >= 0.3 is 0 Å². The van der Waals surface area contributed by atoms with Crippen molar-refractivity contribution in [2.75, 3.05) is 0 Å². The van der Waals surface area contributed by atoms with Gasteiger partial charge in [-0.25, -0.2) is 4.98 Å². The van der Waals surface area contributed by atoms with Crippen LogP contribution in [0.2, 0.25) is 5.02 Å². The average Bonchev–Trinajstić information content (AvgIpc) is 2.49. The molecular weight excluding hydrogens is 302 g/mol. The molecule has 0 bridgehead atoms. The Morgan fingerprint density at radius 3 is 2.62 bits per heavy atom. The lowest BCUT2D eigenvalue weighted by molar-refractivity contribution is 1.12. The van der Waals surface area contributed by atoms with Crippen molar-refractivity contribution in [1.82, 2.24) is 4.98 Å². The molecule has 3 rings (SSSR count). The Morgan fingerprint density at radius 2 is 1.86 bits per heavy atom. The van der Waals surface area contributed by atoms with E-state index in [0.717, 1.165) is 4.90 Å². The third kappa shape index (κ3) is 2.86. The van der Waals surface area contributed by atoms with Crippen LogP contribution in [0.3, 0.4) is 0 Å². The Balaban J connectivity index is 1.98. The van der Waals surface area contributed by atoms with Gasteiger partial charge in [-0.3, -0.25) is 5.41 Å². The number of amidine groups is 1. The van der Waals surface area contributed by atoms with E-state index in [2.05, 4.69) is 29.2 Å². The molecule has 3 N–H and O–H groups in total. The van der Waals surface area contributed by atoms with Gasteiger partial charge in [0.2, 0.25) is 0 Å². The number of nitrogens with zero attached hydrogens (tertiary/aromatic N) is 1. The quantitative estimate of drug-likeness (QED) is 0.559. The van der Waals surface area contributed by atoms with Crippen LogP contribution in [0, 0.1) is 5.41 Å². The molecule has 0 aliphatic carbocycles. The molecule has 2 aromatic carbocycles. The van der Waals surface area contributed by atoms with Gasteiger partial charge in [-0.05, 0) is 29.0 Å². The molecular formula is C16H12ClN3S. The molecule has 3 nitrogen and oxygen atoms in total. The van der Waals surface area contributed by atoms with Crippen LogP contribution in [0.15, 0.2) is 64.6 Å². The van der Waals surface area contributed by atoms with Crippen molar-refractivity contribution in [1.29, 1.82) is 5.41 Å². The van der Waals surface area contributed by atoms with Crippen LogP contribution >= 0.6 is 23.4 Å². The van der Waals surface area contributed by atoms with Gasteiger partial charge in [-0.2, -0.15) is 0 Å². The first kappa shape index (κ1) is 13.9. The maximum absolute atomic E-state index is 7.52. The molecule has 0 saturated heterocycles. The van der Waals surface area contributed by atoms with Gasteiger partial charge in [0.1, 0.15) is 10.9 Å². The summed E-state index contributed by atoms with van der Waals surface area (Å²) in [6.45, 7) is 0. The van der Waals surface area contributed by atoms with Crippen LogP contribution in [0.25, 0.3) is 10.8 Å². The molecule has 5 heteroatoms. The summed E-state index contributed by atoms with van der Waals surface area (Å²) in [7, 11) is 0. The Labute approximate surface area is 131 Å². The summed E-state index contributed by atoms with van der Waals surface area (Å²) in [6.07, 6.45) is 1.62. The summed E-state index contributed by atoms with van der Waals surface area (Å²) in [5, 5.41) is 10.9. The van der Waals surface area contributed by atoms with Crippen LogP contribution in [-0.2, 0) is 0 Å². The van der Waals surface area contributed by atoms with E-state index in [-0.39, 0.29) is 5.84 Å². The summed E-state index contributed by atoms with van der Waals surface area (Å²) in [6, 6.07) is 16.0. The molecule has 0 atom stereocenters. The number of halogens is 1. The molecule has 0 spiro atoms. The Kier molecular flexibility index (Phi) is 3.82. The molecule has 0 fully saturated rings. The van der Waals surface area contributed by atoms with Crippen molar-refractivity contribution in [2.45, 2.75) is 9.92 Å². The van der Waals surface area contributed by atoms with E-state index in [0.29, 0.717) is 15.6 Å². The van der Waals surface area contributed by atoms with Crippen LogP contribution in [-0.4, -0.2) is 10.8 Å². The minimum Gasteiger partial charge on any atom is -0.384 e. The first-order valence-electron chi connectivity index (χ1n) is 6.31. The van der Waals surface area contributed by atoms with Gasteiger partial charge in [0.15, 0.2) is 0 Å². The van der Waals surface area contributed by atoms with Crippen LogP contribution in [0.5, 0.6) is 0 Å². The fourth-order valence-electron chi connectivity index (χ4n) is 2.05. The second kappa shape index (κ2) is 5.76. The number of pyridine rings is 1. The maximum Gasteiger partial charge on any atom is 0.124 e. The third-order valence-electron chi connectivity index (χ3n) is 3.08. The van der Waals surface area contributed by atoms with Crippen molar-refractivity contribution < 1.29 is 0 Å². The second-order valence-electron chi connectivity index (χ2n) is 4.50. The van der Waals surface area contributed by atoms with Gasteiger partial charge in [0.05, 0.1) is 5.02 Å². The minimum absolute atomic E-state index is 0.0530. The predicted octanol–water partition coefficient (Wildman–Crippen LogP) is 4.32. The minimum atomic E-state index is -0.0530. The first-order chi connectivity index (χ1) is 10.1. The highest BCUT2D eigenvalue weighted by molar-refractivity contribution is 7.99. The van der Waals surface area contributed by atoms with Crippen molar-refractivity contribution in [3.8, 4) is 0 Å². The number of nitrogens with one attached hydrogen (secondary N) is 1. The second-order valence-corrected chi connectivity index (χ2v) is 5.94. The zero-order chi connectivity index (χ0) is 14.8. The van der Waals surface area contributed by atoms with Crippen molar-refractivity contribution in [3.63, 3.8) is 0 Å². The fraction of sp³-hybridized carbons (Fsp3) is 0. The molecule has 21 heavy (non-hydrogen) atoms. The number of hydrogen-bond acceptors (Lipinski definition) is 3. The van der Waals surface area contributed by atoms with Gasteiger partial charge in [-0.1, -0.05) is 53.7 Å². The third-order valence-corrected chi connectivity index (χ3v) is 4.57. The molecule has 1 aromatic heterocycles. The Bertz CT molecular complexity index is 833.